The van der Waals surface area contributed by atoms with Gasteiger partial charge in [0.05, 0.1) is 22.7 Å². The molecule has 2 atom stereocenters. The van der Waals surface area contributed by atoms with Gasteiger partial charge in [-0.25, -0.2) is 4.98 Å². The third-order valence-corrected chi connectivity index (χ3v) is 8.27. The number of aromatic nitrogens is 1. The largest absolute Gasteiger partial charge is 0.491 e. The fraction of sp³-hybridized carbons (Fsp3) is 0.344. The first-order chi connectivity index (χ1) is 19.8. The highest BCUT2D eigenvalue weighted by molar-refractivity contribution is 7.86. The minimum atomic E-state index is -3.95. The number of nitrogens with zero attached hydrogens (tertiary/aromatic N) is 2. The summed E-state index contributed by atoms with van der Waals surface area (Å²) in [6.07, 6.45) is 1.63. The molecule has 1 fully saturated rings. The molecule has 4 aromatic rings. The highest BCUT2D eigenvalue weighted by Gasteiger charge is 2.24. The van der Waals surface area contributed by atoms with Gasteiger partial charge in [-0.15, -0.1) is 0 Å². The molecule has 2 heterocycles. The minimum Gasteiger partial charge on any atom is -0.491 e. The topological polar surface area (TPSA) is 87.2 Å². The summed E-state index contributed by atoms with van der Waals surface area (Å²) in [5.74, 6) is 0.627. The van der Waals surface area contributed by atoms with Crippen molar-refractivity contribution in [2.45, 2.75) is 43.5 Å². The van der Waals surface area contributed by atoms with Crippen molar-refractivity contribution in [3.8, 4) is 17.0 Å². The number of benzene rings is 3. The predicted molar refractivity (Wildman–Crippen MR) is 160 cm³/mol. The van der Waals surface area contributed by atoms with Crippen molar-refractivity contribution in [3.63, 3.8) is 0 Å². The lowest BCUT2D eigenvalue weighted by Crippen LogP contribution is -2.35. The Hall–Kier alpha value is -3.50. The summed E-state index contributed by atoms with van der Waals surface area (Å²) in [5, 5.41) is 0.933. The van der Waals surface area contributed by atoms with Crippen LogP contribution in [0.5, 0.6) is 5.75 Å². The summed E-state index contributed by atoms with van der Waals surface area (Å²) in [6.45, 7) is 2.41. The van der Waals surface area contributed by atoms with Crippen LogP contribution in [0.15, 0.2) is 83.8 Å². The lowest BCUT2D eigenvalue weighted by Gasteiger charge is -2.27. The lowest BCUT2D eigenvalue weighted by atomic mass is 10.1. The predicted octanol–water partition coefficient (Wildman–Crippen LogP) is 5.97. The Labute approximate surface area is 242 Å². The second kappa shape index (κ2) is 13.0. The number of aryl methyl sites for hydroxylation is 1. The van der Waals surface area contributed by atoms with Gasteiger partial charge in [0.2, 0.25) is 0 Å². The Morgan fingerprint density at radius 2 is 1.73 bits per heavy atom. The standard InChI is InChI=1S/C32H36N2O6S/c1-23-7-15-29(16-8-23)41(35,36)39-22-28(40-32-6-4-5-19-37-32)21-38-27-14-18-31-25(20-27)11-17-30(33-31)24-9-12-26(13-10-24)34(2)3/h7-18,20,28,32H,4-6,19,21-22H2,1-3H3. The van der Waals surface area contributed by atoms with Crippen LogP contribution in [0.2, 0.25) is 0 Å². The van der Waals surface area contributed by atoms with E-state index in [-0.39, 0.29) is 18.1 Å². The van der Waals surface area contributed by atoms with Crippen LogP contribution in [-0.4, -0.2) is 59.7 Å². The number of hydrogen-bond acceptors (Lipinski definition) is 8. The van der Waals surface area contributed by atoms with Crippen molar-refractivity contribution in [1.82, 2.24) is 4.98 Å². The van der Waals surface area contributed by atoms with E-state index in [0.29, 0.717) is 12.4 Å². The SMILES string of the molecule is Cc1ccc(S(=O)(=O)OCC(COc2ccc3nc(-c4ccc(N(C)C)cc4)ccc3c2)OC2CCCCO2)cc1. The zero-order valence-corrected chi connectivity index (χ0v) is 24.5. The van der Waals surface area contributed by atoms with Gasteiger partial charge in [0, 0.05) is 37.3 Å². The molecule has 0 radical (unpaired) electrons. The number of rotatable bonds is 11. The summed E-state index contributed by atoms with van der Waals surface area (Å²) >= 11 is 0. The third-order valence-electron chi connectivity index (χ3n) is 6.98. The van der Waals surface area contributed by atoms with E-state index in [1.807, 2.05) is 51.4 Å². The van der Waals surface area contributed by atoms with E-state index in [4.69, 9.17) is 23.4 Å². The molecule has 0 spiro atoms. The fourth-order valence-electron chi connectivity index (χ4n) is 4.57. The van der Waals surface area contributed by atoms with Gasteiger partial charge in [0.15, 0.2) is 6.29 Å². The van der Waals surface area contributed by atoms with Gasteiger partial charge in [-0.2, -0.15) is 8.42 Å². The van der Waals surface area contributed by atoms with E-state index in [9.17, 15) is 8.42 Å². The van der Waals surface area contributed by atoms with Crippen LogP contribution < -0.4 is 9.64 Å². The zero-order chi connectivity index (χ0) is 28.8. The molecule has 0 saturated carbocycles. The quantitative estimate of drug-likeness (QED) is 0.202. The van der Waals surface area contributed by atoms with Gasteiger partial charge >= 0.3 is 0 Å². The molecular weight excluding hydrogens is 540 g/mol. The van der Waals surface area contributed by atoms with Crippen LogP contribution in [0.25, 0.3) is 22.2 Å². The second-order valence-corrected chi connectivity index (χ2v) is 12.0. The molecule has 1 saturated heterocycles. The average molecular weight is 577 g/mol. The van der Waals surface area contributed by atoms with Crippen molar-refractivity contribution in [2.75, 3.05) is 38.8 Å². The van der Waals surface area contributed by atoms with Crippen LogP contribution in [0.3, 0.4) is 0 Å². The molecule has 1 aliphatic heterocycles. The maximum atomic E-state index is 12.8. The first-order valence-electron chi connectivity index (χ1n) is 13.8. The Bertz CT molecular complexity index is 1550. The summed E-state index contributed by atoms with van der Waals surface area (Å²) in [6, 6.07) is 24.5. The Morgan fingerprint density at radius 3 is 2.44 bits per heavy atom. The van der Waals surface area contributed by atoms with Crippen molar-refractivity contribution < 1.29 is 26.8 Å². The normalized spacial score (nSPS) is 16.4. The molecular formula is C32H36N2O6S. The highest BCUT2D eigenvalue weighted by Crippen LogP contribution is 2.26. The summed E-state index contributed by atoms with van der Waals surface area (Å²) in [5.41, 5.74) is 4.88. The van der Waals surface area contributed by atoms with Crippen molar-refractivity contribution >= 4 is 26.7 Å². The van der Waals surface area contributed by atoms with Crippen LogP contribution in [-0.2, 0) is 23.8 Å². The van der Waals surface area contributed by atoms with Gasteiger partial charge in [-0.05, 0) is 74.7 Å². The number of fused-ring (bicyclic) bond motifs is 1. The molecule has 41 heavy (non-hydrogen) atoms. The van der Waals surface area contributed by atoms with Gasteiger partial charge in [0.1, 0.15) is 18.5 Å². The molecule has 0 N–H and O–H groups in total. The molecule has 1 aromatic heterocycles. The molecule has 216 valence electrons. The maximum Gasteiger partial charge on any atom is 0.297 e. The van der Waals surface area contributed by atoms with E-state index in [1.54, 1.807) is 12.1 Å². The van der Waals surface area contributed by atoms with Crippen molar-refractivity contribution in [3.05, 3.63) is 84.4 Å². The average Bonchev–Trinajstić information content (AvgIpc) is 2.99. The molecule has 8 nitrogen and oxygen atoms in total. The van der Waals surface area contributed by atoms with Gasteiger partial charge in [-0.3, -0.25) is 4.18 Å². The van der Waals surface area contributed by atoms with Gasteiger partial charge in [-0.1, -0.05) is 35.9 Å². The molecule has 0 aliphatic carbocycles. The Kier molecular flexibility index (Phi) is 9.19. The first kappa shape index (κ1) is 29.0. The third kappa shape index (κ3) is 7.62. The summed E-state index contributed by atoms with van der Waals surface area (Å²) in [4.78, 5) is 6.99. The maximum absolute atomic E-state index is 12.8. The Balaban J connectivity index is 1.26. The van der Waals surface area contributed by atoms with Crippen LogP contribution in [0, 0.1) is 6.92 Å². The Morgan fingerprint density at radius 1 is 0.951 bits per heavy atom. The molecule has 0 amide bonds. The van der Waals surface area contributed by atoms with Crippen molar-refractivity contribution in [2.24, 2.45) is 0 Å². The van der Waals surface area contributed by atoms with E-state index in [1.165, 1.54) is 12.1 Å². The van der Waals surface area contributed by atoms with Crippen LogP contribution in [0.1, 0.15) is 24.8 Å². The second-order valence-electron chi connectivity index (χ2n) is 10.4. The smallest absolute Gasteiger partial charge is 0.297 e. The first-order valence-corrected chi connectivity index (χ1v) is 15.2. The van der Waals surface area contributed by atoms with E-state index >= 15 is 0 Å². The number of hydrogen-bond donors (Lipinski definition) is 0. The number of anilines is 1. The fourth-order valence-corrected chi connectivity index (χ4v) is 5.51. The van der Waals surface area contributed by atoms with E-state index < -0.39 is 22.5 Å². The van der Waals surface area contributed by atoms with Gasteiger partial charge in [0.25, 0.3) is 10.1 Å². The zero-order valence-electron chi connectivity index (χ0n) is 23.7. The van der Waals surface area contributed by atoms with Crippen LogP contribution >= 0.6 is 0 Å². The summed E-state index contributed by atoms with van der Waals surface area (Å²) < 4.78 is 48.8. The van der Waals surface area contributed by atoms with Crippen LogP contribution in [0.4, 0.5) is 5.69 Å². The lowest BCUT2D eigenvalue weighted by molar-refractivity contribution is -0.198. The molecule has 0 bridgehead atoms. The molecule has 1 aliphatic rings. The monoisotopic (exact) mass is 576 g/mol. The van der Waals surface area contributed by atoms with Gasteiger partial charge < -0.3 is 19.1 Å². The highest BCUT2D eigenvalue weighted by atomic mass is 32.2. The van der Waals surface area contributed by atoms with E-state index in [2.05, 4.69) is 29.2 Å². The molecule has 3 aromatic carbocycles. The molecule has 2 unspecified atom stereocenters. The summed E-state index contributed by atoms with van der Waals surface area (Å²) in [7, 11) is 0.0851. The molecule has 5 rings (SSSR count). The number of ether oxygens (including phenoxy) is 3. The minimum absolute atomic E-state index is 0.0958. The van der Waals surface area contributed by atoms with Crippen molar-refractivity contribution in [1.29, 1.82) is 0 Å². The molecule has 9 heteroatoms. The number of pyridine rings is 1. The van der Waals surface area contributed by atoms with E-state index in [0.717, 1.165) is 52.7 Å².